The Morgan fingerprint density at radius 3 is 2.83 bits per heavy atom. The molecule has 0 unspecified atom stereocenters. The molecule has 0 bridgehead atoms. The summed E-state index contributed by atoms with van der Waals surface area (Å²) < 4.78 is 10.2. The smallest absolute Gasteiger partial charge is 0.341 e. The van der Waals surface area contributed by atoms with E-state index in [1.54, 1.807) is 19.1 Å². The quantitative estimate of drug-likeness (QED) is 0.612. The van der Waals surface area contributed by atoms with Crippen molar-refractivity contribution in [1.82, 2.24) is 4.90 Å². The van der Waals surface area contributed by atoms with Gasteiger partial charge >= 0.3 is 5.97 Å². The van der Waals surface area contributed by atoms with Crippen LogP contribution in [0.3, 0.4) is 0 Å². The SMILES string of the molecule is COC(=O)c1cc(/C=C2/SC(N3CCCCC3)=NC2=O)oc1C. The Balaban J connectivity index is 1.76. The molecule has 2 aliphatic heterocycles. The van der Waals surface area contributed by atoms with Gasteiger partial charge in [-0.1, -0.05) is 0 Å². The molecule has 0 N–H and O–H groups in total. The number of rotatable bonds is 2. The summed E-state index contributed by atoms with van der Waals surface area (Å²) in [5, 5.41) is 0.761. The normalized spacial score (nSPS) is 20.1. The fourth-order valence-electron chi connectivity index (χ4n) is 2.64. The second-order valence-corrected chi connectivity index (χ2v) is 6.48. The minimum absolute atomic E-state index is 0.260. The zero-order chi connectivity index (χ0) is 16.4. The Kier molecular flexibility index (Phi) is 4.56. The van der Waals surface area contributed by atoms with Crippen LogP contribution in [0.2, 0.25) is 0 Å². The van der Waals surface area contributed by atoms with Crippen LogP contribution in [0.5, 0.6) is 0 Å². The van der Waals surface area contributed by atoms with Crippen molar-refractivity contribution in [2.24, 2.45) is 4.99 Å². The number of hydrogen-bond acceptors (Lipinski definition) is 6. The van der Waals surface area contributed by atoms with E-state index in [4.69, 9.17) is 9.15 Å². The third kappa shape index (κ3) is 3.34. The molecule has 3 rings (SSSR count). The van der Waals surface area contributed by atoms with Gasteiger partial charge in [0.2, 0.25) is 0 Å². The lowest BCUT2D eigenvalue weighted by Gasteiger charge is -2.27. The van der Waals surface area contributed by atoms with Gasteiger partial charge < -0.3 is 14.1 Å². The minimum atomic E-state index is -0.452. The van der Waals surface area contributed by atoms with E-state index >= 15 is 0 Å². The number of nitrogens with zero attached hydrogens (tertiary/aromatic N) is 2. The largest absolute Gasteiger partial charge is 0.465 e. The maximum atomic E-state index is 12.1. The summed E-state index contributed by atoms with van der Waals surface area (Å²) in [6.07, 6.45) is 5.12. The minimum Gasteiger partial charge on any atom is -0.465 e. The van der Waals surface area contributed by atoms with Gasteiger partial charge in [-0.05, 0) is 44.0 Å². The van der Waals surface area contributed by atoms with E-state index in [1.807, 2.05) is 0 Å². The summed E-state index contributed by atoms with van der Waals surface area (Å²) >= 11 is 1.36. The molecule has 0 radical (unpaired) electrons. The number of piperidine rings is 1. The Bertz CT molecular complexity index is 699. The van der Waals surface area contributed by atoms with Gasteiger partial charge in [-0.25, -0.2) is 4.79 Å². The van der Waals surface area contributed by atoms with E-state index in [-0.39, 0.29) is 5.91 Å². The standard InChI is InChI=1S/C16H18N2O4S/c1-10-12(15(20)21-2)8-11(22-10)9-13-14(19)17-16(23-13)18-6-4-3-5-7-18/h8-9H,3-7H2,1-2H3/b13-9+. The van der Waals surface area contributed by atoms with Crippen LogP contribution in [0.1, 0.15) is 41.1 Å². The summed E-state index contributed by atoms with van der Waals surface area (Å²) in [6, 6.07) is 1.58. The summed E-state index contributed by atoms with van der Waals surface area (Å²) in [5.74, 6) is 0.209. The number of furan rings is 1. The molecule has 2 aliphatic rings. The molecule has 1 fully saturated rings. The summed E-state index contributed by atoms with van der Waals surface area (Å²) in [5.41, 5.74) is 0.368. The van der Waals surface area contributed by atoms with Gasteiger partial charge in [0.15, 0.2) is 5.17 Å². The number of likely N-dealkylation sites (tertiary alicyclic amines) is 1. The third-order valence-corrected chi connectivity index (χ3v) is 4.90. The van der Waals surface area contributed by atoms with E-state index in [0.29, 0.717) is 22.0 Å². The van der Waals surface area contributed by atoms with Crippen LogP contribution >= 0.6 is 11.8 Å². The number of methoxy groups -OCH3 is 1. The fraction of sp³-hybridized carbons (Fsp3) is 0.438. The van der Waals surface area contributed by atoms with Crippen molar-refractivity contribution in [2.75, 3.05) is 20.2 Å². The fourth-order valence-corrected chi connectivity index (χ4v) is 3.58. The van der Waals surface area contributed by atoms with Crippen molar-refractivity contribution in [2.45, 2.75) is 26.2 Å². The highest BCUT2D eigenvalue weighted by molar-refractivity contribution is 8.18. The topological polar surface area (TPSA) is 72.1 Å². The molecule has 0 aromatic carbocycles. The number of aliphatic imine (C=N–C) groups is 1. The van der Waals surface area contributed by atoms with Gasteiger partial charge in [0.1, 0.15) is 17.1 Å². The first-order valence-electron chi connectivity index (χ1n) is 7.55. The van der Waals surface area contributed by atoms with Crippen LogP contribution in [-0.2, 0) is 9.53 Å². The second-order valence-electron chi connectivity index (χ2n) is 5.47. The van der Waals surface area contributed by atoms with Crippen LogP contribution in [0, 0.1) is 6.92 Å². The van der Waals surface area contributed by atoms with Crippen LogP contribution in [0.4, 0.5) is 0 Å². The van der Waals surface area contributed by atoms with Gasteiger partial charge in [-0.15, -0.1) is 0 Å². The number of carbonyl (C=O) groups excluding carboxylic acids is 2. The Hall–Kier alpha value is -2.02. The molecule has 0 saturated carbocycles. The highest BCUT2D eigenvalue weighted by Gasteiger charge is 2.27. The van der Waals surface area contributed by atoms with E-state index in [1.165, 1.54) is 25.3 Å². The lowest BCUT2D eigenvalue weighted by atomic mass is 10.1. The molecule has 1 saturated heterocycles. The van der Waals surface area contributed by atoms with Gasteiger partial charge in [0.25, 0.3) is 5.91 Å². The van der Waals surface area contributed by atoms with Crippen LogP contribution in [0.25, 0.3) is 6.08 Å². The van der Waals surface area contributed by atoms with Gasteiger partial charge in [-0.3, -0.25) is 4.79 Å². The first kappa shape index (κ1) is 15.9. The predicted molar refractivity (Wildman–Crippen MR) is 88.2 cm³/mol. The molecule has 0 aliphatic carbocycles. The van der Waals surface area contributed by atoms with E-state index in [2.05, 4.69) is 9.89 Å². The average Bonchev–Trinajstić information content (AvgIpc) is 3.11. The van der Waals surface area contributed by atoms with Crippen molar-refractivity contribution < 1.29 is 18.7 Å². The summed E-state index contributed by atoms with van der Waals surface area (Å²) in [4.78, 5) is 30.5. The lowest BCUT2D eigenvalue weighted by molar-refractivity contribution is -0.113. The van der Waals surface area contributed by atoms with E-state index < -0.39 is 5.97 Å². The number of carbonyl (C=O) groups is 2. The van der Waals surface area contributed by atoms with Crippen LogP contribution in [-0.4, -0.2) is 42.1 Å². The highest BCUT2D eigenvalue weighted by Crippen LogP contribution is 2.32. The van der Waals surface area contributed by atoms with Crippen molar-refractivity contribution >= 4 is 34.9 Å². The molecule has 1 aromatic rings. The second kappa shape index (κ2) is 6.62. The number of ether oxygens (including phenoxy) is 1. The number of thioether (sulfide) groups is 1. The number of aryl methyl sites for hydroxylation is 1. The molecule has 6 nitrogen and oxygen atoms in total. The number of amides is 1. The molecule has 1 aromatic heterocycles. The molecule has 7 heteroatoms. The van der Waals surface area contributed by atoms with E-state index in [0.717, 1.165) is 31.1 Å². The number of esters is 1. The van der Waals surface area contributed by atoms with Crippen molar-refractivity contribution in [3.05, 3.63) is 28.1 Å². The molecule has 0 atom stereocenters. The Morgan fingerprint density at radius 2 is 2.13 bits per heavy atom. The monoisotopic (exact) mass is 334 g/mol. The van der Waals surface area contributed by atoms with E-state index in [9.17, 15) is 9.59 Å². The Labute approximate surface area is 138 Å². The van der Waals surface area contributed by atoms with Gasteiger partial charge in [0.05, 0.1) is 12.0 Å². The molecular formula is C16H18N2O4S. The maximum Gasteiger partial charge on any atom is 0.341 e. The number of amidine groups is 1. The molecule has 0 spiro atoms. The average molecular weight is 334 g/mol. The number of hydrogen-bond donors (Lipinski definition) is 0. The van der Waals surface area contributed by atoms with Gasteiger partial charge in [-0.2, -0.15) is 4.99 Å². The zero-order valence-corrected chi connectivity index (χ0v) is 13.9. The molecule has 1 amide bonds. The summed E-state index contributed by atoms with van der Waals surface area (Å²) in [6.45, 7) is 3.57. The molecule has 23 heavy (non-hydrogen) atoms. The first-order valence-corrected chi connectivity index (χ1v) is 8.36. The van der Waals surface area contributed by atoms with Crippen LogP contribution < -0.4 is 0 Å². The van der Waals surface area contributed by atoms with Crippen LogP contribution in [0.15, 0.2) is 20.4 Å². The zero-order valence-electron chi connectivity index (χ0n) is 13.1. The molecule has 122 valence electrons. The predicted octanol–water partition coefficient (Wildman–Crippen LogP) is 2.83. The first-order chi connectivity index (χ1) is 11.1. The van der Waals surface area contributed by atoms with Crippen molar-refractivity contribution in [3.63, 3.8) is 0 Å². The lowest BCUT2D eigenvalue weighted by Crippen LogP contribution is -2.33. The highest BCUT2D eigenvalue weighted by atomic mass is 32.2. The molecule has 3 heterocycles. The summed E-state index contributed by atoms with van der Waals surface area (Å²) in [7, 11) is 1.32. The Morgan fingerprint density at radius 1 is 1.39 bits per heavy atom. The maximum absolute atomic E-state index is 12.1. The van der Waals surface area contributed by atoms with Gasteiger partial charge in [0, 0.05) is 19.2 Å². The third-order valence-electron chi connectivity index (χ3n) is 3.85. The van der Waals surface area contributed by atoms with Crippen molar-refractivity contribution in [1.29, 1.82) is 0 Å². The van der Waals surface area contributed by atoms with Crippen molar-refractivity contribution in [3.8, 4) is 0 Å². The molecular weight excluding hydrogens is 316 g/mol.